The van der Waals surface area contributed by atoms with Crippen LogP contribution in [0.15, 0.2) is 60.9 Å². The fourth-order valence-corrected chi connectivity index (χ4v) is 3.51. The number of piperazine rings is 1. The van der Waals surface area contributed by atoms with E-state index >= 15 is 0 Å². The van der Waals surface area contributed by atoms with Crippen LogP contribution in [0, 0.1) is 0 Å². The molecule has 0 aliphatic carbocycles. The number of nitrogen functional groups attached to an aromatic ring is 1. The largest absolute Gasteiger partial charge is 0.393 e. The second-order valence-electron chi connectivity index (χ2n) is 6.94. The van der Waals surface area contributed by atoms with Crippen LogP contribution in [0.2, 0.25) is 0 Å². The van der Waals surface area contributed by atoms with Crippen LogP contribution in [0.4, 0.5) is 28.7 Å². The molecule has 6 heteroatoms. The second-order valence-corrected chi connectivity index (χ2v) is 6.94. The van der Waals surface area contributed by atoms with E-state index in [2.05, 4.69) is 80.5 Å². The summed E-state index contributed by atoms with van der Waals surface area (Å²) in [5.74, 6) is 1.45. The van der Waals surface area contributed by atoms with Crippen LogP contribution in [0.25, 0.3) is 0 Å². The second kappa shape index (κ2) is 8.17. The Bertz CT molecular complexity index is 902. The van der Waals surface area contributed by atoms with E-state index in [1.54, 1.807) is 6.33 Å². The van der Waals surface area contributed by atoms with Crippen LogP contribution >= 0.6 is 0 Å². The predicted octanol–water partition coefficient (Wildman–Crippen LogP) is 3.69. The van der Waals surface area contributed by atoms with Gasteiger partial charge in [0.05, 0.1) is 0 Å². The van der Waals surface area contributed by atoms with Crippen LogP contribution in [0.1, 0.15) is 12.5 Å². The summed E-state index contributed by atoms with van der Waals surface area (Å²) in [6.45, 7) is 5.78. The third kappa shape index (κ3) is 3.86. The van der Waals surface area contributed by atoms with Crippen LogP contribution in [-0.2, 0) is 6.42 Å². The van der Waals surface area contributed by atoms with Gasteiger partial charge in [-0.1, -0.05) is 37.3 Å². The zero-order valence-corrected chi connectivity index (χ0v) is 16.2. The lowest BCUT2D eigenvalue weighted by atomic mass is 10.1. The van der Waals surface area contributed by atoms with Gasteiger partial charge in [-0.05, 0) is 36.2 Å². The first-order valence-corrected chi connectivity index (χ1v) is 9.76. The van der Waals surface area contributed by atoms with Gasteiger partial charge in [-0.3, -0.25) is 0 Å². The number of rotatable bonds is 5. The van der Waals surface area contributed by atoms with Gasteiger partial charge in [0.2, 0.25) is 0 Å². The summed E-state index contributed by atoms with van der Waals surface area (Å²) in [5, 5.41) is 3.32. The van der Waals surface area contributed by atoms with Gasteiger partial charge in [0, 0.05) is 37.6 Å². The Kier molecular flexibility index (Phi) is 5.28. The molecule has 0 atom stereocenters. The van der Waals surface area contributed by atoms with Crippen molar-refractivity contribution in [3.05, 3.63) is 66.5 Å². The van der Waals surface area contributed by atoms with E-state index in [-0.39, 0.29) is 0 Å². The zero-order valence-electron chi connectivity index (χ0n) is 16.2. The summed E-state index contributed by atoms with van der Waals surface area (Å²) in [6.07, 6.45) is 2.60. The first kappa shape index (κ1) is 18.1. The summed E-state index contributed by atoms with van der Waals surface area (Å²) >= 11 is 0. The number of hydrogen-bond acceptors (Lipinski definition) is 6. The van der Waals surface area contributed by atoms with E-state index in [0.717, 1.165) is 44.1 Å². The monoisotopic (exact) mass is 374 g/mol. The molecular weight excluding hydrogens is 348 g/mol. The molecule has 1 aromatic heterocycles. The molecule has 0 spiro atoms. The fourth-order valence-electron chi connectivity index (χ4n) is 3.51. The molecule has 1 fully saturated rings. The SMILES string of the molecule is CCc1ccc(Nc2ncnc(N3CCN(c4ccccc4)CC3)c2N)cc1. The number of nitrogens with two attached hydrogens (primary N) is 1. The quantitative estimate of drug-likeness (QED) is 0.710. The molecule has 4 rings (SSSR count). The van der Waals surface area contributed by atoms with Crippen molar-refractivity contribution in [1.29, 1.82) is 0 Å². The predicted molar refractivity (Wildman–Crippen MR) is 116 cm³/mol. The standard InChI is InChI=1S/C22H26N6/c1-2-17-8-10-18(11-9-17)26-21-20(23)22(25-16-24-21)28-14-12-27(13-15-28)19-6-4-3-5-7-19/h3-11,16H,2,12-15,23H2,1H3,(H,24,25,26). The summed E-state index contributed by atoms with van der Waals surface area (Å²) in [6, 6.07) is 18.8. The van der Waals surface area contributed by atoms with Crippen molar-refractivity contribution in [3.8, 4) is 0 Å². The van der Waals surface area contributed by atoms with Crippen molar-refractivity contribution in [3.63, 3.8) is 0 Å². The van der Waals surface area contributed by atoms with E-state index in [1.807, 2.05) is 6.07 Å². The normalized spacial score (nSPS) is 14.2. The third-order valence-corrected chi connectivity index (χ3v) is 5.19. The minimum Gasteiger partial charge on any atom is -0.393 e. The van der Waals surface area contributed by atoms with Gasteiger partial charge in [0.1, 0.15) is 12.0 Å². The van der Waals surface area contributed by atoms with E-state index in [9.17, 15) is 0 Å². The van der Waals surface area contributed by atoms with Crippen molar-refractivity contribution in [2.45, 2.75) is 13.3 Å². The van der Waals surface area contributed by atoms with Gasteiger partial charge in [-0.25, -0.2) is 9.97 Å². The summed E-state index contributed by atoms with van der Waals surface area (Å²) in [7, 11) is 0. The first-order chi connectivity index (χ1) is 13.7. The molecule has 6 nitrogen and oxygen atoms in total. The van der Waals surface area contributed by atoms with Gasteiger partial charge in [0.25, 0.3) is 0 Å². The van der Waals surface area contributed by atoms with E-state index in [0.29, 0.717) is 11.5 Å². The lowest BCUT2D eigenvalue weighted by molar-refractivity contribution is 0.647. The highest BCUT2D eigenvalue weighted by molar-refractivity contribution is 5.78. The van der Waals surface area contributed by atoms with Gasteiger partial charge in [-0.15, -0.1) is 0 Å². The highest BCUT2D eigenvalue weighted by Crippen LogP contribution is 2.29. The molecule has 1 aliphatic rings. The molecule has 0 amide bonds. The molecule has 0 bridgehead atoms. The molecule has 28 heavy (non-hydrogen) atoms. The van der Waals surface area contributed by atoms with E-state index < -0.39 is 0 Å². The smallest absolute Gasteiger partial charge is 0.159 e. The first-order valence-electron chi connectivity index (χ1n) is 9.76. The topological polar surface area (TPSA) is 70.3 Å². The van der Waals surface area contributed by atoms with Gasteiger partial charge < -0.3 is 20.9 Å². The van der Waals surface area contributed by atoms with Crippen LogP contribution in [0.5, 0.6) is 0 Å². The summed E-state index contributed by atoms with van der Waals surface area (Å²) in [4.78, 5) is 13.4. The maximum absolute atomic E-state index is 6.42. The number of anilines is 5. The molecule has 3 N–H and O–H groups in total. The maximum atomic E-state index is 6.42. The van der Waals surface area contributed by atoms with Crippen LogP contribution < -0.4 is 20.9 Å². The summed E-state index contributed by atoms with van der Waals surface area (Å²) < 4.78 is 0. The Balaban J connectivity index is 1.46. The molecule has 1 aliphatic heterocycles. The summed E-state index contributed by atoms with van der Waals surface area (Å²) in [5.41, 5.74) is 10.6. The van der Waals surface area contributed by atoms with Gasteiger partial charge >= 0.3 is 0 Å². The van der Waals surface area contributed by atoms with Gasteiger partial charge in [-0.2, -0.15) is 0 Å². The molecule has 2 heterocycles. The van der Waals surface area contributed by atoms with Crippen LogP contribution in [0.3, 0.4) is 0 Å². The number of para-hydroxylation sites is 1. The molecule has 1 saturated heterocycles. The van der Waals surface area contributed by atoms with Gasteiger partial charge in [0.15, 0.2) is 11.6 Å². The third-order valence-electron chi connectivity index (χ3n) is 5.19. The number of aromatic nitrogens is 2. The number of aryl methyl sites for hydroxylation is 1. The Hall–Kier alpha value is -3.28. The van der Waals surface area contributed by atoms with Crippen molar-refractivity contribution >= 4 is 28.7 Å². The highest BCUT2D eigenvalue weighted by atomic mass is 15.3. The highest BCUT2D eigenvalue weighted by Gasteiger charge is 2.21. The Labute approximate surface area is 166 Å². The molecule has 144 valence electrons. The molecular formula is C22H26N6. The molecule has 0 radical (unpaired) electrons. The van der Waals surface area contributed by atoms with Crippen molar-refractivity contribution in [2.75, 3.05) is 47.0 Å². The Morgan fingerprint density at radius 1 is 0.893 bits per heavy atom. The zero-order chi connectivity index (χ0) is 19.3. The molecule has 3 aromatic rings. The van der Waals surface area contributed by atoms with Crippen molar-refractivity contribution in [1.82, 2.24) is 9.97 Å². The average molecular weight is 374 g/mol. The molecule has 0 unspecified atom stereocenters. The van der Waals surface area contributed by atoms with Crippen LogP contribution in [-0.4, -0.2) is 36.1 Å². The molecule has 2 aromatic carbocycles. The minimum absolute atomic E-state index is 0.593. The lowest BCUT2D eigenvalue weighted by Crippen LogP contribution is -2.47. The fraction of sp³-hybridized carbons (Fsp3) is 0.273. The Morgan fingerprint density at radius 3 is 2.25 bits per heavy atom. The molecule has 0 saturated carbocycles. The van der Waals surface area contributed by atoms with E-state index in [1.165, 1.54) is 11.3 Å². The average Bonchev–Trinajstić information content (AvgIpc) is 2.76. The maximum Gasteiger partial charge on any atom is 0.159 e. The number of nitrogens with zero attached hydrogens (tertiary/aromatic N) is 4. The lowest BCUT2D eigenvalue weighted by Gasteiger charge is -2.37. The number of nitrogens with one attached hydrogen (secondary N) is 1. The number of benzene rings is 2. The minimum atomic E-state index is 0.593. The van der Waals surface area contributed by atoms with Crippen molar-refractivity contribution < 1.29 is 0 Å². The number of hydrogen-bond donors (Lipinski definition) is 2. The van der Waals surface area contributed by atoms with Crippen molar-refractivity contribution in [2.24, 2.45) is 0 Å². The Morgan fingerprint density at radius 2 is 1.57 bits per heavy atom. The van der Waals surface area contributed by atoms with E-state index in [4.69, 9.17) is 5.73 Å².